The van der Waals surface area contributed by atoms with Crippen LogP contribution in [0.3, 0.4) is 0 Å². The minimum atomic E-state index is -0.898. The van der Waals surface area contributed by atoms with E-state index in [1.54, 1.807) is 12.1 Å². The number of nitrogens with zero attached hydrogens (tertiary/aromatic N) is 1. The molecule has 9 heteroatoms. The average molecular weight is 532 g/mol. The van der Waals surface area contributed by atoms with Gasteiger partial charge in [0.1, 0.15) is 18.7 Å². The SMILES string of the molecule is COc1cc(CNC(=O)[C@@H]2CCCN2C(=O)[C@@H](Cc2ccccc2)NC(=O)OCc2ccccc2)ccc1O. The Balaban J connectivity index is 1.42. The van der Waals surface area contributed by atoms with Gasteiger partial charge >= 0.3 is 6.09 Å². The van der Waals surface area contributed by atoms with Gasteiger partial charge in [-0.1, -0.05) is 66.7 Å². The summed E-state index contributed by atoms with van der Waals surface area (Å²) < 4.78 is 10.5. The molecule has 1 aliphatic rings. The third-order valence-corrected chi connectivity index (χ3v) is 6.63. The van der Waals surface area contributed by atoms with Crippen molar-refractivity contribution in [1.82, 2.24) is 15.5 Å². The summed E-state index contributed by atoms with van der Waals surface area (Å²) >= 11 is 0. The molecule has 4 rings (SSSR count). The summed E-state index contributed by atoms with van der Waals surface area (Å²) in [6.07, 6.45) is 0.758. The molecule has 1 saturated heterocycles. The fourth-order valence-electron chi connectivity index (χ4n) is 4.60. The Morgan fingerprint density at radius 1 is 0.974 bits per heavy atom. The molecule has 0 bridgehead atoms. The molecule has 3 amide bonds. The highest BCUT2D eigenvalue weighted by molar-refractivity contribution is 5.92. The van der Waals surface area contributed by atoms with Crippen molar-refractivity contribution >= 4 is 17.9 Å². The number of rotatable bonds is 10. The lowest BCUT2D eigenvalue weighted by Gasteiger charge is -2.28. The van der Waals surface area contributed by atoms with E-state index in [0.717, 1.165) is 16.7 Å². The van der Waals surface area contributed by atoms with Crippen LogP contribution < -0.4 is 15.4 Å². The van der Waals surface area contributed by atoms with E-state index in [-0.39, 0.29) is 37.1 Å². The molecule has 0 saturated carbocycles. The Morgan fingerprint density at radius 2 is 1.67 bits per heavy atom. The third kappa shape index (κ3) is 7.50. The molecule has 39 heavy (non-hydrogen) atoms. The standard InChI is InChI=1S/C30H33N3O6/c1-38-27-18-23(14-15-26(27)34)19-31-28(35)25-13-8-16-33(25)29(36)24(17-21-9-4-2-5-10-21)32-30(37)39-20-22-11-6-3-7-12-22/h2-7,9-12,14-15,18,24-25,34H,8,13,16-17,19-20H2,1H3,(H,31,35)(H,32,37)/t24-,25+/m1/s1. The highest BCUT2D eigenvalue weighted by atomic mass is 16.5. The Morgan fingerprint density at radius 3 is 2.36 bits per heavy atom. The van der Waals surface area contributed by atoms with E-state index in [1.807, 2.05) is 60.7 Å². The zero-order valence-electron chi connectivity index (χ0n) is 21.8. The molecule has 0 unspecified atom stereocenters. The monoisotopic (exact) mass is 531 g/mol. The first kappa shape index (κ1) is 27.5. The molecule has 0 aromatic heterocycles. The van der Waals surface area contributed by atoms with Crippen molar-refractivity contribution in [3.05, 3.63) is 95.6 Å². The number of ether oxygens (including phenoxy) is 2. The van der Waals surface area contributed by atoms with Crippen molar-refractivity contribution in [2.45, 2.75) is 44.5 Å². The molecule has 2 atom stereocenters. The van der Waals surface area contributed by atoms with Gasteiger partial charge in [0, 0.05) is 19.5 Å². The Bertz CT molecular complexity index is 1270. The lowest BCUT2D eigenvalue weighted by Crippen LogP contribution is -2.54. The molecule has 3 aromatic rings. The second-order valence-corrected chi connectivity index (χ2v) is 9.36. The first-order chi connectivity index (χ1) is 18.9. The molecular weight excluding hydrogens is 498 g/mol. The molecule has 1 fully saturated rings. The van der Waals surface area contributed by atoms with Crippen molar-refractivity contribution < 1.29 is 29.0 Å². The summed E-state index contributed by atoms with van der Waals surface area (Å²) in [4.78, 5) is 41.0. The highest BCUT2D eigenvalue weighted by Gasteiger charge is 2.37. The fraction of sp³-hybridized carbons (Fsp3) is 0.300. The van der Waals surface area contributed by atoms with Crippen LogP contribution in [0.5, 0.6) is 11.5 Å². The van der Waals surface area contributed by atoms with Crippen LogP contribution in [-0.4, -0.2) is 53.7 Å². The minimum Gasteiger partial charge on any atom is -0.504 e. The van der Waals surface area contributed by atoms with Gasteiger partial charge in [-0.05, 0) is 41.7 Å². The van der Waals surface area contributed by atoms with E-state index in [2.05, 4.69) is 10.6 Å². The highest BCUT2D eigenvalue weighted by Crippen LogP contribution is 2.26. The number of nitrogens with one attached hydrogen (secondary N) is 2. The number of amides is 3. The van der Waals surface area contributed by atoms with Gasteiger partial charge < -0.3 is 30.1 Å². The van der Waals surface area contributed by atoms with Crippen LogP contribution in [-0.2, 0) is 33.9 Å². The predicted octanol–water partition coefficient (Wildman–Crippen LogP) is 3.55. The van der Waals surface area contributed by atoms with Crippen LogP contribution in [0.15, 0.2) is 78.9 Å². The Labute approximate surface area is 227 Å². The van der Waals surface area contributed by atoms with Crippen molar-refractivity contribution in [1.29, 1.82) is 0 Å². The van der Waals surface area contributed by atoms with Crippen molar-refractivity contribution in [2.24, 2.45) is 0 Å². The van der Waals surface area contributed by atoms with Crippen LogP contribution in [0, 0.1) is 0 Å². The second-order valence-electron chi connectivity index (χ2n) is 9.36. The van der Waals surface area contributed by atoms with E-state index in [9.17, 15) is 19.5 Å². The molecule has 1 aliphatic heterocycles. The van der Waals surface area contributed by atoms with Gasteiger partial charge in [0.05, 0.1) is 7.11 Å². The number of carbonyl (C=O) groups is 3. The van der Waals surface area contributed by atoms with Gasteiger partial charge in [-0.3, -0.25) is 9.59 Å². The van der Waals surface area contributed by atoms with E-state index in [1.165, 1.54) is 18.1 Å². The normalized spacial score (nSPS) is 15.3. The molecule has 1 heterocycles. The largest absolute Gasteiger partial charge is 0.504 e. The number of alkyl carbamates (subject to hydrolysis) is 1. The van der Waals surface area contributed by atoms with Gasteiger partial charge in [0.15, 0.2) is 11.5 Å². The molecule has 0 aliphatic carbocycles. The zero-order valence-corrected chi connectivity index (χ0v) is 21.8. The van der Waals surface area contributed by atoms with Crippen LogP contribution in [0.4, 0.5) is 4.79 Å². The molecule has 3 aromatic carbocycles. The summed E-state index contributed by atoms with van der Waals surface area (Å²) in [5.41, 5.74) is 2.46. The summed E-state index contributed by atoms with van der Waals surface area (Å²) in [5.74, 6) is -0.287. The van der Waals surface area contributed by atoms with Gasteiger partial charge in [-0.2, -0.15) is 0 Å². The average Bonchev–Trinajstić information content (AvgIpc) is 3.46. The van der Waals surface area contributed by atoms with Crippen molar-refractivity contribution in [3.63, 3.8) is 0 Å². The molecule has 0 spiro atoms. The lowest BCUT2D eigenvalue weighted by molar-refractivity contribution is -0.140. The maximum Gasteiger partial charge on any atom is 0.408 e. The molecule has 0 radical (unpaired) electrons. The molecule has 9 nitrogen and oxygen atoms in total. The van der Waals surface area contributed by atoms with Crippen molar-refractivity contribution in [2.75, 3.05) is 13.7 Å². The summed E-state index contributed by atoms with van der Waals surface area (Å²) in [6, 6.07) is 22.0. The Kier molecular flexibility index (Phi) is 9.39. The number of aromatic hydroxyl groups is 1. The summed E-state index contributed by atoms with van der Waals surface area (Å²) in [6.45, 7) is 0.706. The number of benzene rings is 3. The molecular formula is C30H33N3O6. The number of phenols is 1. The number of hydrogen-bond acceptors (Lipinski definition) is 6. The van der Waals surface area contributed by atoms with Crippen LogP contribution in [0.25, 0.3) is 0 Å². The lowest BCUT2D eigenvalue weighted by atomic mass is 10.0. The Hall–Kier alpha value is -4.53. The quantitative estimate of drug-likeness (QED) is 0.368. The topological polar surface area (TPSA) is 117 Å². The van der Waals surface area contributed by atoms with Gasteiger partial charge in [-0.25, -0.2) is 4.79 Å². The second kappa shape index (κ2) is 13.3. The summed E-state index contributed by atoms with van der Waals surface area (Å²) in [7, 11) is 1.46. The maximum absolute atomic E-state index is 13.7. The number of phenolic OH excluding ortho intramolecular Hbond substituents is 1. The zero-order chi connectivity index (χ0) is 27.6. The van der Waals surface area contributed by atoms with Gasteiger partial charge in [0.2, 0.25) is 11.8 Å². The van der Waals surface area contributed by atoms with E-state index in [0.29, 0.717) is 25.1 Å². The first-order valence-electron chi connectivity index (χ1n) is 12.9. The smallest absolute Gasteiger partial charge is 0.408 e. The van der Waals surface area contributed by atoms with E-state index >= 15 is 0 Å². The number of carbonyl (C=O) groups excluding carboxylic acids is 3. The fourth-order valence-corrected chi connectivity index (χ4v) is 4.60. The number of hydrogen-bond donors (Lipinski definition) is 3. The summed E-state index contributed by atoms with van der Waals surface area (Å²) in [5, 5.41) is 15.4. The van der Waals surface area contributed by atoms with Crippen molar-refractivity contribution in [3.8, 4) is 11.5 Å². The predicted molar refractivity (Wildman–Crippen MR) is 145 cm³/mol. The van der Waals surface area contributed by atoms with E-state index < -0.39 is 18.2 Å². The first-order valence-corrected chi connectivity index (χ1v) is 12.9. The number of likely N-dealkylation sites (tertiary alicyclic amines) is 1. The molecule has 3 N–H and O–H groups in total. The number of methoxy groups -OCH3 is 1. The molecule has 204 valence electrons. The third-order valence-electron chi connectivity index (χ3n) is 6.63. The van der Waals surface area contributed by atoms with Crippen LogP contribution in [0.1, 0.15) is 29.5 Å². The van der Waals surface area contributed by atoms with Gasteiger partial charge in [0.25, 0.3) is 0 Å². The van der Waals surface area contributed by atoms with Crippen LogP contribution >= 0.6 is 0 Å². The van der Waals surface area contributed by atoms with Crippen LogP contribution in [0.2, 0.25) is 0 Å². The minimum absolute atomic E-state index is 0.0133. The van der Waals surface area contributed by atoms with E-state index in [4.69, 9.17) is 9.47 Å². The van der Waals surface area contributed by atoms with Gasteiger partial charge in [-0.15, -0.1) is 0 Å². The maximum atomic E-state index is 13.7.